The van der Waals surface area contributed by atoms with E-state index >= 15 is 0 Å². The highest BCUT2D eigenvalue weighted by Crippen LogP contribution is 2.11. The van der Waals surface area contributed by atoms with Crippen LogP contribution >= 0.6 is 11.3 Å². The van der Waals surface area contributed by atoms with Crippen molar-refractivity contribution >= 4 is 17.4 Å². The van der Waals surface area contributed by atoms with E-state index in [1.54, 1.807) is 11.3 Å². The molecule has 60 valence electrons. The normalized spacial score (nSPS) is 12.1. The van der Waals surface area contributed by atoms with Gasteiger partial charge in [-0.1, -0.05) is 5.57 Å². The number of nitrogens with zero attached hydrogens (tertiary/aromatic N) is 1. The first-order chi connectivity index (χ1) is 5.22. The molecule has 1 aromatic rings. The minimum absolute atomic E-state index is 0.610. The first kappa shape index (κ1) is 8.43. The summed E-state index contributed by atoms with van der Waals surface area (Å²) in [7, 11) is 0. The Hall–Kier alpha value is -0.670. The Bertz CT molecular complexity index is 263. The van der Waals surface area contributed by atoms with Crippen molar-refractivity contribution in [1.82, 2.24) is 4.98 Å². The number of aromatic nitrogens is 1. The summed E-state index contributed by atoms with van der Waals surface area (Å²) >= 11 is 1.65. The van der Waals surface area contributed by atoms with Crippen molar-refractivity contribution in [2.45, 2.75) is 13.8 Å². The van der Waals surface area contributed by atoms with Crippen LogP contribution in [-0.4, -0.2) is 11.5 Å². The lowest BCUT2D eigenvalue weighted by molar-refractivity contribution is 1.15. The van der Waals surface area contributed by atoms with Gasteiger partial charge in [-0.05, 0) is 19.9 Å². The second kappa shape index (κ2) is 3.64. The van der Waals surface area contributed by atoms with Crippen LogP contribution in [0.3, 0.4) is 0 Å². The van der Waals surface area contributed by atoms with Crippen LogP contribution in [0, 0.1) is 6.92 Å². The Balaban J connectivity index is 2.78. The maximum atomic E-state index is 5.44. The molecule has 0 atom stereocenters. The Kier molecular flexibility index (Phi) is 2.79. The maximum Gasteiger partial charge on any atom is 0.116 e. The third-order valence-corrected chi connectivity index (χ3v) is 2.24. The third-order valence-electron chi connectivity index (χ3n) is 1.33. The summed E-state index contributed by atoms with van der Waals surface area (Å²) in [6.45, 7) is 4.61. The van der Waals surface area contributed by atoms with Gasteiger partial charge in [-0.25, -0.2) is 4.98 Å². The summed E-state index contributed by atoms with van der Waals surface area (Å²) in [5.74, 6) is 0. The van der Waals surface area contributed by atoms with Gasteiger partial charge in [-0.2, -0.15) is 0 Å². The van der Waals surface area contributed by atoms with E-state index in [0.29, 0.717) is 6.54 Å². The van der Waals surface area contributed by atoms with E-state index in [1.807, 2.05) is 25.3 Å². The first-order valence-corrected chi connectivity index (χ1v) is 4.39. The lowest BCUT2D eigenvalue weighted by Crippen LogP contribution is -1.98. The largest absolute Gasteiger partial charge is 0.327 e. The third kappa shape index (κ3) is 2.44. The molecule has 2 N–H and O–H groups in total. The fourth-order valence-electron chi connectivity index (χ4n) is 0.708. The van der Waals surface area contributed by atoms with E-state index in [9.17, 15) is 0 Å². The van der Waals surface area contributed by atoms with E-state index in [0.717, 1.165) is 10.7 Å². The molecule has 0 amide bonds. The maximum absolute atomic E-state index is 5.44. The highest BCUT2D eigenvalue weighted by Gasteiger charge is 1.93. The van der Waals surface area contributed by atoms with Crippen LogP contribution in [0.25, 0.3) is 6.08 Å². The molecule has 0 saturated heterocycles. The minimum atomic E-state index is 0.610. The molecule has 0 radical (unpaired) electrons. The predicted molar refractivity (Wildman–Crippen MR) is 49.6 cm³/mol. The van der Waals surface area contributed by atoms with Crippen molar-refractivity contribution in [1.29, 1.82) is 0 Å². The molecule has 3 heteroatoms. The molecule has 0 aliphatic carbocycles. The summed E-state index contributed by atoms with van der Waals surface area (Å²) in [4.78, 5) is 4.29. The zero-order chi connectivity index (χ0) is 8.27. The van der Waals surface area contributed by atoms with Crippen LogP contribution in [-0.2, 0) is 0 Å². The zero-order valence-corrected chi connectivity index (χ0v) is 7.61. The molecule has 0 aromatic carbocycles. The van der Waals surface area contributed by atoms with Crippen LogP contribution in [0.1, 0.15) is 17.6 Å². The lowest BCUT2D eigenvalue weighted by atomic mass is 10.3. The van der Waals surface area contributed by atoms with Gasteiger partial charge >= 0.3 is 0 Å². The summed E-state index contributed by atoms with van der Waals surface area (Å²) in [6.07, 6.45) is 2.03. The fourth-order valence-corrected chi connectivity index (χ4v) is 1.52. The monoisotopic (exact) mass is 168 g/mol. The summed E-state index contributed by atoms with van der Waals surface area (Å²) in [5, 5.41) is 3.08. The Morgan fingerprint density at radius 1 is 1.82 bits per heavy atom. The van der Waals surface area contributed by atoms with Gasteiger partial charge in [0.1, 0.15) is 5.01 Å². The second-order valence-corrected chi connectivity index (χ2v) is 3.41. The Morgan fingerprint density at radius 2 is 2.55 bits per heavy atom. The van der Waals surface area contributed by atoms with Crippen LogP contribution in [0.4, 0.5) is 0 Å². The quantitative estimate of drug-likeness (QED) is 0.731. The molecule has 0 fully saturated rings. The molecule has 2 nitrogen and oxygen atoms in total. The van der Waals surface area contributed by atoms with E-state index < -0.39 is 0 Å². The van der Waals surface area contributed by atoms with E-state index in [-0.39, 0.29) is 0 Å². The molecule has 0 spiro atoms. The van der Waals surface area contributed by atoms with Crippen LogP contribution in [0.2, 0.25) is 0 Å². The average molecular weight is 168 g/mol. The van der Waals surface area contributed by atoms with Crippen molar-refractivity contribution in [3.8, 4) is 0 Å². The molecule has 0 aliphatic rings. The number of rotatable bonds is 2. The smallest absolute Gasteiger partial charge is 0.116 e. The van der Waals surface area contributed by atoms with Crippen LogP contribution in [0.15, 0.2) is 11.0 Å². The van der Waals surface area contributed by atoms with Crippen molar-refractivity contribution < 1.29 is 0 Å². The van der Waals surface area contributed by atoms with Gasteiger partial charge in [0.25, 0.3) is 0 Å². The molecule has 11 heavy (non-hydrogen) atoms. The highest BCUT2D eigenvalue weighted by atomic mass is 32.1. The molecule has 0 aliphatic heterocycles. The molecular formula is C8H12N2S. The van der Waals surface area contributed by atoms with Gasteiger partial charge in [0, 0.05) is 17.6 Å². The number of thiazole rings is 1. The first-order valence-electron chi connectivity index (χ1n) is 3.51. The van der Waals surface area contributed by atoms with Crippen LogP contribution < -0.4 is 5.73 Å². The number of nitrogens with two attached hydrogens (primary N) is 1. The van der Waals surface area contributed by atoms with E-state index in [4.69, 9.17) is 5.73 Å². The molecule has 1 aromatic heterocycles. The zero-order valence-electron chi connectivity index (χ0n) is 6.79. The van der Waals surface area contributed by atoms with Gasteiger partial charge in [0.05, 0.1) is 0 Å². The van der Waals surface area contributed by atoms with E-state index in [2.05, 4.69) is 4.98 Å². The SMILES string of the molecule is CC(=Cc1nc(C)cs1)CN. The molecule has 0 bridgehead atoms. The van der Waals surface area contributed by atoms with Crippen molar-refractivity contribution in [2.75, 3.05) is 6.54 Å². The summed E-state index contributed by atoms with van der Waals surface area (Å²) < 4.78 is 0. The van der Waals surface area contributed by atoms with Gasteiger partial charge in [0.2, 0.25) is 0 Å². The number of hydrogen-bond acceptors (Lipinski definition) is 3. The summed E-state index contributed by atoms with van der Waals surface area (Å²) in [5.41, 5.74) is 7.68. The Morgan fingerprint density at radius 3 is 3.00 bits per heavy atom. The highest BCUT2D eigenvalue weighted by molar-refractivity contribution is 7.10. The number of hydrogen-bond donors (Lipinski definition) is 1. The van der Waals surface area contributed by atoms with Crippen molar-refractivity contribution in [3.05, 3.63) is 21.7 Å². The second-order valence-electron chi connectivity index (χ2n) is 2.52. The number of aryl methyl sites for hydroxylation is 1. The molecular weight excluding hydrogens is 156 g/mol. The van der Waals surface area contributed by atoms with E-state index in [1.165, 1.54) is 5.57 Å². The van der Waals surface area contributed by atoms with Gasteiger partial charge in [-0.3, -0.25) is 0 Å². The average Bonchev–Trinajstić information content (AvgIpc) is 2.35. The van der Waals surface area contributed by atoms with Crippen LogP contribution in [0.5, 0.6) is 0 Å². The van der Waals surface area contributed by atoms with Gasteiger partial charge < -0.3 is 5.73 Å². The molecule has 0 unspecified atom stereocenters. The van der Waals surface area contributed by atoms with Crippen molar-refractivity contribution in [3.63, 3.8) is 0 Å². The lowest BCUT2D eigenvalue weighted by Gasteiger charge is -1.90. The molecule has 0 saturated carbocycles. The standard InChI is InChI=1S/C8H12N2S/c1-6(4-9)3-8-10-7(2)5-11-8/h3,5H,4,9H2,1-2H3. The van der Waals surface area contributed by atoms with Gasteiger partial charge in [0.15, 0.2) is 0 Å². The summed E-state index contributed by atoms with van der Waals surface area (Å²) in [6, 6.07) is 0. The predicted octanol–water partition coefficient (Wildman–Crippen LogP) is 1.81. The minimum Gasteiger partial charge on any atom is -0.327 e. The molecule has 1 rings (SSSR count). The fraction of sp³-hybridized carbons (Fsp3) is 0.375. The molecule has 1 heterocycles. The van der Waals surface area contributed by atoms with Crippen molar-refractivity contribution in [2.24, 2.45) is 5.73 Å². The van der Waals surface area contributed by atoms with Gasteiger partial charge in [-0.15, -0.1) is 11.3 Å². The topological polar surface area (TPSA) is 38.9 Å². The Labute approximate surface area is 70.8 Å².